The highest BCUT2D eigenvalue weighted by molar-refractivity contribution is 5.95. The van der Waals surface area contributed by atoms with Crippen LogP contribution in [0.1, 0.15) is 33.7 Å². The Morgan fingerprint density at radius 2 is 1.88 bits per heavy atom. The Labute approximate surface area is 226 Å². The fourth-order valence-electron chi connectivity index (χ4n) is 5.01. The van der Waals surface area contributed by atoms with Crippen molar-refractivity contribution in [1.82, 2.24) is 20.2 Å². The van der Waals surface area contributed by atoms with Crippen molar-refractivity contribution in [3.63, 3.8) is 0 Å². The van der Waals surface area contributed by atoms with E-state index in [-0.39, 0.29) is 34.7 Å². The first kappa shape index (κ1) is 25.6. The Morgan fingerprint density at radius 1 is 1.07 bits per heavy atom. The highest BCUT2D eigenvalue weighted by Gasteiger charge is 2.46. The van der Waals surface area contributed by atoms with Gasteiger partial charge >= 0.3 is 6.18 Å². The number of likely N-dealkylation sites (tertiary alicyclic amines) is 1. The molecule has 0 bridgehead atoms. The predicted molar refractivity (Wildman–Crippen MR) is 141 cm³/mol. The largest absolute Gasteiger partial charge is 0.459 e. The van der Waals surface area contributed by atoms with Gasteiger partial charge in [0.05, 0.1) is 23.4 Å². The fourth-order valence-corrected chi connectivity index (χ4v) is 5.01. The summed E-state index contributed by atoms with van der Waals surface area (Å²) in [4.78, 5) is 35.0. The number of alkyl halides is 3. The Balaban J connectivity index is 1.20. The second-order valence-electron chi connectivity index (χ2n) is 10.1. The first-order valence-electron chi connectivity index (χ1n) is 12.7. The molecule has 4 heterocycles. The molecule has 2 unspecified atom stereocenters. The molecular weight excluding hydrogens is 523 g/mol. The van der Waals surface area contributed by atoms with Crippen molar-refractivity contribution in [2.75, 3.05) is 18.8 Å². The van der Waals surface area contributed by atoms with E-state index in [9.17, 15) is 22.8 Å². The molecule has 2 aliphatic rings. The number of hydrogen-bond acceptors (Lipinski definition) is 6. The molecule has 1 saturated carbocycles. The number of rotatable bonds is 6. The molecule has 11 heteroatoms. The number of halogens is 3. The number of carbonyl (C=O) groups excluding carboxylic acids is 2. The lowest BCUT2D eigenvalue weighted by Gasteiger charge is -2.17. The number of nitrogens with two attached hydrogens (primary N) is 1. The molecule has 1 saturated heterocycles. The van der Waals surface area contributed by atoms with Crippen LogP contribution in [-0.4, -0.2) is 39.8 Å². The smallest absolute Gasteiger partial charge is 0.420 e. The van der Waals surface area contributed by atoms with Gasteiger partial charge in [-0.1, -0.05) is 0 Å². The van der Waals surface area contributed by atoms with E-state index in [1.54, 1.807) is 35.2 Å². The van der Waals surface area contributed by atoms with Crippen LogP contribution in [0.4, 0.5) is 19.0 Å². The zero-order valence-corrected chi connectivity index (χ0v) is 21.1. The second-order valence-corrected chi connectivity index (χ2v) is 10.1. The first-order valence-corrected chi connectivity index (χ1v) is 12.7. The summed E-state index contributed by atoms with van der Waals surface area (Å²) in [5.74, 6) is 1.13. The lowest BCUT2D eigenvalue weighted by molar-refractivity contribution is -0.136. The molecule has 3 aromatic heterocycles. The van der Waals surface area contributed by atoms with Gasteiger partial charge in [-0.2, -0.15) is 13.2 Å². The van der Waals surface area contributed by atoms with Gasteiger partial charge in [-0.25, -0.2) is 4.98 Å². The van der Waals surface area contributed by atoms with E-state index in [2.05, 4.69) is 15.3 Å². The summed E-state index contributed by atoms with van der Waals surface area (Å²) >= 11 is 0. The van der Waals surface area contributed by atoms with E-state index in [0.717, 1.165) is 19.2 Å². The molecule has 1 aliphatic heterocycles. The minimum atomic E-state index is -4.69. The van der Waals surface area contributed by atoms with E-state index >= 15 is 0 Å². The average Bonchev–Trinajstić information content (AvgIpc) is 3.33. The van der Waals surface area contributed by atoms with E-state index in [4.69, 9.17) is 10.2 Å². The van der Waals surface area contributed by atoms with Crippen LogP contribution in [0.2, 0.25) is 0 Å². The van der Waals surface area contributed by atoms with Crippen molar-refractivity contribution in [2.24, 2.45) is 11.8 Å². The lowest BCUT2D eigenvalue weighted by atomic mass is 10.0. The summed E-state index contributed by atoms with van der Waals surface area (Å²) in [7, 11) is 0. The maximum absolute atomic E-state index is 14.0. The van der Waals surface area contributed by atoms with Gasteiger partial charge in [-0.15, -0.1) is 0 Å². The summed E-state index contributed by atoms with van der Waals surface area (Å²) < 4.78 is 47.4. The fraction of sp³-hybridized carbons (Fsp3) is 0.241. The van der Waals surface area contributed by atoms with Crippen LogP contribution in [0.3, 0.4) is 0 Å². The summed E-state index contributed by atoms with van der Waals surface area (Å²) in [6.07, 6.45) is 2.21. The van der Waals surface area contributed by atoms with Gasteiger partial charge < -0.3 is 20.4 Å². The number of piperidine rings is 1. The van der Waals surface area contributed by atoms with Crippen LogP contribution in [0.25, 0.3) is 28.3 Å². The van der Waals surface area contributed by atoms with Crippen LogP contribution in [0.5, 0.6) is 0 Å². The van der Waals surface area contributed by atoms with Gasteiger partial charge in [-0.3, -0.25) is 14.6 Å². The maximum Gasteiger partial charge on any atom is 0.420 e. The molecular formula is C29H24F3N5O3. The van der Waals surface area contributed by atoms with Crippen molar-refractivity contribution >= 4 is 34.7 Å². The molecule has 8 nitrogen and oxygen atoms in total. The molecule has 0 spiro atoms. The number of nitrogens with one attached hydrogen (secondary N) is 1. The first-order chi connectivity index (χ1) is 19.1. The number of furan rings is 1. The van der Waals surface area contributed by atoms with Gasteiger partial charge in [-0.05, 0) is 72.4 Å². The number of hydrogen-bond donors (Lipinski definition) is 2. The van der Waals surface area contributed by atoms with Crippen LogP contribution < -0.4 is 11.1 Å². The minimum absolute atomic E-state index is 0.112. The molecule has 2 atom stereocenters. The number of fused-ring (bicyclic) bond motifs is 2. The summed E-state index contributed by atoms with van der Waals surface area (Å²) in [5.41, 5.74) is 5.85. The number of nitrogen functional groups attached to an aromatic ring is 1. The molecule has 3 N–H and O–H groups in total. The molecule has 204 valence electrons. The highest BCUT2D eigenvalue weighted by atomic mass is 19.4. The molecule has 6 rings (SSSR count). The molecule has 2 amide bonds. The number of amides is 2. The topological polar surface area (TPSA) is 114 Å². The normalized spacial score (nSPS) is 18.3. The summed E-state index contributed by atoms with van der Waals surface area (Å²) in [5, 5.41) is 2.82. The number of carbonyl (C=O) groups is 2. The summed E-state index contributed by atoms with van der Waals surface area (Å²) in [6, 6.07) is 10.4. The van der Waals surface area contributed by atoms with Crippen molar-refractivity contribution in [2.45, 2.75) is 19.1 Å². The Bertz CT molecular complexity index is 1620. The van der Waals surface area contributed by atoms with Crippen LogP contribution in [0, 0.1) is 11.8 Å². The standard InChI is InChI=1S/C29H24F3N5O3/c30-29(31,32)23-10-18(24-4-3-17(12-34-24)28(39)37-14-20-8-21(20)15-37)7-19-9-22(40-27(19)23)13-36-26(38)6-2-16-1-5-25(33)35-11-16/h1-7,9-12,20-21H,8,13-15H2,(H2,33,35)(H,36,38). The number of aromatic nitrogens is 2. The van der Waals surface area contributed by atoms with Gasteiger partial charge in [0.15, 0.2) is 0 Å². The van der Waals surface area contributed by atoms with Crippen LogP contribution in [-0.2, 0) is 17.5 Å². The molecule has 2 fully saturated rings. The van der Waals surface area contributed by atoms with E-state index < -0.39 is 17.6 Å². The van der Waals surface area contributed by atoms with Gasteiger partial charge in [0.2, 0.25) is 5.91 Å². The third kappa shape index (κ3) is 5.27. The Hall–Kier alpha value is -4.67. The molecule has 4 aromatic rings. The maximum atomic E-state index is 14.0. The Morgan fingerprint density at radius 3 is 2.55 bits per heavy atom. The van der Waals surface area contributed by atoms with Gasteiger partial charge in [0.1, 0.15) is 17.2 Å². The van der Waals surface area contributed by atoms with Crippen molar-refractivity contribution in [1.29, 1.82) is 0 Å². The third-order valence-corrected chi connectivity index (χ3v) is 7.22. The van der Waals surface area contributed by atoms with Crippen LogP contribution in [0.15, 0.2) is 65.4 Å². The minimum Gasteiger partial charge on any atom is -0.459 e. The quantitative estimate of drug-likeness (QED) is 0.332. The molecule has 40 heavy (non-hydrogen) atoms. The van der Waals surface area contributed by atoms with Crippen molar-refractivity contribution in [3.05, 3.63) is 83.4 Å². The van der Waals surface area contributed by atoms with E-state index in [0.29, 0.717) is 34.5 Å². The number of anilines is 1. The number of benzene rings is 1. The van der Waals surface area contributed by atoms with Gasteiger partial charge in [0, 0.05) is 42.5 Å². The number of nitrogens with zero attached hydrogens (tertiary/aromatic N) is 3. The van der Waals surface area contributed by atoms with Crippen molar-refractivity contribution < 1.29 is 27.2 Å². The number of pyridine rings is 2. The van der Waals surface area contributed by atoms with E-state index in [1.807, 2.05) is 0 Å². The molecule has 1 aromatic carbocycles. The predicted octanol–water partition coefficient (Wildman–Crippen LogP) is 4.91. The Kier molecular flexibility index (Phi) is 6.28. The SMILES string of the molecule is Nc1ccc(C=CC(=O)NCc2cc3cc(-c4ccc(C(=O)N5CC6CC6C5)cn4)cc(C(F)(F)F)c3o2)cn1. The zero-order chi connectivity index (χ0) is 28.0. The summed E-state index contributed by atoms with van der Waals surface area (Å²) in [6.45, 7) is 1.38. The van der Waals surface area contributed by atoms with Crippen molar-refractivity contribution in [3.8, 4) is 11.3 Å². The highest BCUT2D eigenvalue weighted by Crippen LogP contribution is 2.45. The van der Waals surface area contributed by atoms with Crippen LogP contribution >= 0.6 is 0 Å². The van der Waals surface area contributed by atoms with Gasteiger partial charge in [0.25, 0.3) is 5.91 Å². The average molecular weight is 548 g/mol. The molecule has 0 radical (unpaired) electrons. The second kappa shape index (κ2) is 9.82. The monoisotopic (exact) mass is 547 g/mol. The van der Waals surface area contributed by atoms with E-state index in [1.165, 1.54) is 37.0 Å². The zero-order valence-electron chi connectivity index (χ0n) is 21.1. The molecule has 1 aliphatic carbocycles. The third-order valence-electron chi connectivity index (χ3n) is 7.22. The lowest BCUT2D eigenvalue weighted by Crippen LogP contribution is -2.30.